The Morgan fingerprint density at radius 1 is 1.26 bits per heavy atom. The minimum atomic E-state index is -0.0578. The second-order valence-corrected chi connectivity index (χ2v) is 5.85. The van der Waals surface area contributed by atoms with Gasteiger partial charge in [-0.15, -0.1) is 0 Å². The van der Waals surface area contributed by atoms with E-state index in [1.807, 2.05) is 0 Å². The van der Waals surface area contributed by atoms with Crippen LogP contribution in [0.15, 0.2) is 30.3 Å². The summed E-state index contributed by atoms with van der Waals surface area (Å²) in [4.78, 5) is 0. The molecule has 0 spiro atoms. The summed E-state index contributed by atoms with van der Waals surface area (Å²) in [5.74, 6) is 0.655. The fourth-order valence-corrected chi connectivity index (χ4v) is 3.02. The molecule has 0 heterocycles. The third-order valence-electron chi connectivity index (χ3n) is 4.21. The van der Waals surface area contributed by atoms with Crippen LogP contribution in [0.3, 0.4) is 0 Å². The van der Waals surface area contributed by atoms with Crippen molar-refractivity contribution in [2.45, 2.75) is 57.6 Å². The lowest BCUT2D eigenvalue weighted by molar-refractivity contribution is 0.177. The first-order valence-electron chi connectivity index (χ1n) is 7.76. The minimum absolute atomic E-state index is 0.0578. The van der Waals surface area contributed by atoms with Gasteiger partial charge in [0.1, 0.15) is 0 Å². The second-order valence-electron chi connectivity index (χ2n) is 5.85. The van der Waals surface area contributed by atoms with Crippen LogP contribution in [0.1, 0.15) is 57.1 Å². The summed E-state index contributed by atoms with van der Waals surface area (Å²) >= 11 is 0. The molecule has 2 heteroatoms. The summed E-state index contributed by atoms with van der Waals surface area (Å²) in [6, 6.07) is 11.2. The second kappa shape index (κ2) is 7.66. The highest BCUT2D eigenvalue weighted by Gasteiger charge is 2.23. The van der Waals surface area contributed by atoms with E-state index in [9.17, 15) is 5.11 Å². The molecule has 1 aliphatic rings. The molecule has 1 aromatic carbocycles. The lowest BCUT2D eigenvalue weighted by Gasteiger charge is -2.21. The molecule has 106 valence electrons. The Morgan fingerprint density at radius 2 is 2.05 bits per heavy atom. The summed E-state index contributed by atoms with van der Waals surface area (Å²) in [7, 11) is 0. The van der Waals surface area contributed by atoms with Crippen LogP contribution in [-0.2, 0) is 0 Å². The van der Waals surface area contributed by atoms with Crippen molar-refractivity contribution in [3.63, 3.8) is 0 Å². The molecule has 19 heavy (non-hydrogen) atoms. The molecule has 0 radical (unpaired) electrons. The van der Waals surface area contributed by atoms with E-state index in [4.69, 9.17) is 0 Å². The SMILES string of the molecule is CCCCC(NCC1CCC(O)C1)c1ccccc1. The van der Waals surface area contributed by atoms with E-state index in [1.54, 1.807) is 0 Å². The van der Waals surface area contributed by atoms with E-state index in [0.717, 1.165) is 19.4 Å². The molecular formula is C17H27NO. The normalized spacial score (nSPS) is 24.5. The molecule has 2 N–H and O–H groups in total. The van der Waals surface area contributed by atoms with Crippen LogP contribution in [0.25, 0.3) is 0 Å². The lowest BCUT2D eigenvalue weighted by Crippen LogP contribution is -2.27. The van der Waals surface area contributed by atoms with E-state index in [-0.39, 0.29) is 6.10 Å². The van der Waals surface area contributed by atoms with Crippen molar-refractivity contribution in [2.75, 3.05) is 6.54 Å². The van der Waals surface area contributed by atoms with Crippen molar-refractivity contribution in [1.82, 2.24) is 5.32 Å². The van der Waals surface area contributed by atoms with Gasteiger partial charge in [0.25, 0.3) is 0 Å². The highest BCUT2D eigenvalue weighted by atomic mass is 16.3. The van der Waals surface area contributed by atoms with Gasteiger partial charge < -0.3 is 10.4 Å². The van der Waals surface area contributed by atoms with E-state index < -0.39 is 0 Å². The first-order valence-corrected chi connectivity index (χ1v) is 7.76. The molecule has 0 aromatic heterocycles. The Bertz CT molecular complexity index is 352. The van der Waals surface area contributed by atoms with E-state index >= 15 is 0 Å². The van der Waals surface area contributed by atoms with Crippen LogP contribution in [0, 0.1) is 5.92 Å². The van der Waals surface area contributed by atoms with E-state index in [0.29, 0.717) is 12.0 Å². The standard InChI is InChI=1S/C17H27NO/c1-2-3-9-17(15-7-5-4-6-8-15)18-13-14-10-11-16(19)12-14/h4-8,14,16-19H,2-3,9-13H2,1H3. The summed E-state index contributed by atoms with van der Waals surface area (Å²) < 4.78 is 0. The zero-order chi connectivity index (χ0) is 13.5. The summed E-state index contributed by atoms with van der Waals surface area (Å²) in [6.07, 6.45) is 6.78. The highest BCUT2D eigenvalue weighted by Crippen LogP contribution is 2.26. The topological polar surface area (TPSA) is 32.3 Å². The lowest BCUT2D eigenvalue weighted by atomic mass is 10.00. The fourth-order valence-electron chi connectivity index (χ4n) is 3.02. The Hall–Kier alpha value is -0.860. The quantitative estimate of drug-likeness (QED) is 0.785. The number of hydrogen-bond donors (Lipinski definition) is 2. The van der Waals surface area contributed by atoms with Crippen LogP contribution in [0.5, 0.6) is 0 Å². The third-order valence-corrected chi connectivity index (χ3v) is 4.21. The smallest absolute Gasteiger partial charge is 0.0543 e. The van der Waals surface area contributed by atoms with Crippen LogP contribution < -0.4 is 5.32 Å². The van der Waals surface area contributed by atoms with E-state index in [2.05, 4.69) is 42.6 Å². The number of aliphatic hydroxyl groups is 1. The van der Waals surface area contributed by atoms with Gasteiger partial charge in [-0.3, -0.25) is 0 Å². The Labute approximate surface area is 117 Å². The summed E-state index contributed by atoms with van der Waals surface area (Å²) in [6.45, 7) is 3.29. The Kier molecular flexibility index (Phi) is 5.87. The summed E-state index contributed by atoms with van der Waals surface area (Å²) in [5.41, 5.74) is 1.40. The number of unbranched alkanes of at least 4 members (excludes halogenated alkanes) is 1. The predicted octanol–water partition coefficient (Wildman–Crippen LogP) is 3.67. The van der Waals surface area contributed by atoms with Gasteiger partial charge in [0.15, 0.2) is 0 Å². The van der Waals surface area contributed by atoms with Gasteiger partial charge in [-0.25, -0.2) is 0 Å². The van der Waals surface area contributed by atoms with Gasteiger partial charge in [0.05, 0.1) is 6.10 Å². The molecule has 1 aliphatic carbocycles. The molecule has 1 fully saturated rings. The van der Waals surface area contributed by atoms with Crippen molar-refractivity contribution in [3.8, 4) is 0 Å². The molecular weight excluding hydrogens is 234 g/mol. The van der Waals surface area contributed by atoms with Gasteiger partial charge in [-0.1, -0.05) is 50.1 Å². The molecule has 1 aromatic rings. The first-order chi connectivity index (χ1) is 9.29. The molecule has 0 saturated heterocycles. The minimum Gasteiger partial charge on any atom is -0.393 e. The van der Waals surface area contributed by atoms with Crippen LogP contribution >= 0.6 is 0 Å². The molecule has 2 nitrogen and oxygen atoms in total. The largest absolute Gasteiger partial charge is 0.393 e. The number of benzene rings is 1. The number of hydrogen-bond acceptors (Lipinski definition) is 2. The van der Waals surface area contributed by atoms with Crippen LogP contribution in [0.2, 0.25) is 0 Å². The van der Waals surface area contributed by atoms with Gasteiger partial charge in [0, 0.05) is 6.04 Å². The maximum Gasteiger partial charge on any atom is 0.0543 e. The van der Waals surface area contributed by atoms with Gasteiger partial charge in [-0.05, 0) is 43.7 Å². The Morgan fingerprint density at radius 3 is 2.68 bits per heavy atom. The Balaban J connectivity index is 1.87. The first kappa shape index (κ1) is 14.5. The molecule has 1 saturated carbocycles. The van der Waals surface area contributed by atoms with Crippen molar-refractivity contribution in [3.05, 3.63) is 35.9 Å². The summed E-state index contributed by atoms with van der Waals surface area (Å²) in [5, 5.41) is 13.3. The molecule has 0 aliphatic heterocycles. The van der Waals surface area contributed by atoms with Crippen LogP contribution in [-0.4, -0.2) is 17.8 Å². The molecule has 3 atom stereocenters. The van der Waals surface area contributed by atoms with Crippen molar-refractivity contribution in [2.24, 2.45) is 5.92 Å². The molecule has 0 amide bonds. The zero-order valence-electron chi connectivity index (χ0n) is 12.0. The highest BCUT2D eigenvalue weighted by molar-refractivity contribution is 5.18. The number of aliphatic hydroxyl groups excluding tert-OH is 1. The maximum atomic E-state index is 9.60. The predicted molar refractivity (Wildman–Crippen MR) is 80.1 cm³/mol. The van der Waals surface area contributed by atoms with Gasteiger partial charge in [-0.2, -0.15) is 0 Å². The maximum absolute atomic E-state index is 9.60. The molecule has 0 bridgehead atoms. The van der Waals surface area contributed by atoms with Crippen molar-refractivity contribution < 1.29 is 5.11 Å². The van der Waals surface area contributed by atoms with Crippen LogP contribution in [0.4, 0.5) is 0 Å². The molecule has 3 unspecified atom stereocenters. The number of rotatable bonds is 7. The average molecular weight is 261 g/mol. The number of nitrogens with one attached hydrogen (secondary N) is 1. The zero-order valence-corrected chi connectivity index (χ0v) is 12.0. The van der Waals surface area contributed by atoms with E-state index in [1.165, 1.54) is 31.2 Å². The average Bonchev–Trinajstić information content (AvgIpc) is 2.86. The van der Waals surface area contributed by atoms with Crippen molar-refractivity contribution in [1.29, 1.82) is 0 Å². The fraction of sp³-hybridized carbons (Fsp3) is 0.647. The van der Waals surface area contributed by atoms with Gasteiger partial charge >= 0.3 is 0 Å². The van der Waals surface area contributed by atoms with Gasteiger partial charge in [0.2, 0.25) is 0 Å². The molecule has 2 rings (SSSR count). The third kappa shape index (κ3) is 4.63. The monoisotopic (exact) mass is 261 g/mol. The van der Waals surface area contributed by atoms with Crippen molar-refractivity contribution >= 4 is 0 Å².